The summed E-state index contributed by atoms with van der Waals surface area (Å²) in [6.45, 7) is 10.3. The van der Waals surface area contributed by atoms with Crippen molar-refractivity contribution in [1.82, 2.24) is 9.80 Å². The van der Waals surface area contributed by atoms with Crippen molar-refractivity contribution >= 4 is 0 Å². The first kappa shape index (κ1) is 15.9. The first-order valence-electron chi connectivity index (χ1n) is 7.82. The van der Waals surface area contributed by atoms with Crippen molar-refractivity contribution in [2.24, 2.45) is 5.73 Å². The van der Waals surface area contributed by atoms with E-state index in [9.17, 15) is 0 Å². The van der Waals surface area contributed by atoms with Gasteiger partial charge < -0.3 is 10.6 Å². The van der Waals surface area contributed by atoms with Crippen LogP contribution in [0.15, 0.2) is 0 Å². The lowest BCUT2D eigenvalue weighted by molar-refractivity contribution is 0.0921. The van der Waals surface area contributed by atoms with Crippen LogP contribution in [0.4, 0.5) is 0 Å². The highest BCUT2D eigenvalue weighted by Crippen LogP contribution is 2.25. The van der Waals surface area contributed by atoms with Gasteiger partial charge in [-0.05, 0) is 45.8 Å². The molecule has 0 unspecified atom stereocenters. The second-order valence-corrected chi connectivity index (χ2v) is 5.90. The monoisotopic (exact) mass is 255 g/mol. The van der Waals surface area contributed by atoms with Gasteiger partial charge in [-0.2, -0.15) is 0 Å². The molecule has 0 aliphatic carbocycles. The topological polar surface area (TPSA) is 32.5 Å². The van der Waals surface area contributed by atoms with Crippen molar-refractivity contribution in [3.63, 3.8) is 0 Å². The molecule has 0 amide bonds. The first-order valence-corrected chi connectivity index (χ1v) is 7.82. The van der Waals surface area contributed by atoms with E-state index < -0.39 is 0 Å². The van der Waals surface area contributed by atoms with Crippen LogP contribution in [0.2, 0.25) is 0 Å². The summed E-state index contributed by atoms with van der Waals surface area (Å²) in [5.74, 6) is 0. The third kappa shape index (κ3) is 4.22. The number of nitrogens with zero attached hydrogens (tertiary/aromatic N) is 2. The number of rotatable bonds is 9. The SMILES string of the molecule is CCCC(CN)(CCC)N(C)CCN1CCCC1. The zero-order chi connectivity index (χ0) is 13.4. The molecule has 3 heteroatoms. The smallest absolute Gasteiger partial charge is 0.0329 e. The third-order valence-electron chi connectivity index (χ3n) is 4.57. The maximum atomic E-state index is 6.11. The van der Waals surface area contributed by atoms with Crippen LogP contribution in [0.25, 0.3) is 0 Å². The summed E-state index contributed by atoms with van der Waals surface area (Å²) < 4.78 is 0. The van der Waals surface area contributed by atoms with Crippen LogP contribution < -0.4 is 5.73 Å². The van der Waals surface area contributed by atoms with E-state index in [2.05, 4.69) is 30.7 Å². The van der Waals surface area contributed by atoms with Crippen LogP contribution in [0.5, 0.6) is 0 Å². The molecule has 18 heavy (non-hydrogen) atoms. The number of hydrogen-bond acceptors (Lipinski definition) is 3. The molecule has 0 saturated carbocycles. The van der Waals surface area contributed by atoms with Crippen LogP contribution >= 0.6 is 0 Å². The normalized spacial score (nSPS) is 17.8. The molecule has 0 aromatic carbocycles. The Hall–Kier alpha value is -0.120. The lowest BCUT2D eigenvalue weighted by Crippen LogP contribution is -2.53. The fourth-order valence-electron chi connectivity index (χ4n) is 3.33. The van der Waals surface area contributed by atoms with Gasteiger partial charge in [-0.25, -0.2) is 0 Å². The average Bonchev–Trinajstić information content (AvgIpc) is 2.88. The molecular weight excluding hydrogens is 222 g/mol. The van der Waals surface area contributed by atoms with E-state index in [1.807, 2.05) is 0 Å². The third-order valence-corrected chi connectivity index (χ3v) is 4.57. The largest absolute Gasteiger partial charge is 0.329 e. The number of likely N-dealkylation sites (N-methyl/N-ethyl adjacent to an activating group) is 1. The number of likely N-dealkylation sites (tertiary alicyclic amines) is 1. The number of hydrogen-bond donors (Lipinski definition) is 1. The van der Waals surface area contributed by atoms with Crippen molar-refractivity contribution in [1.29, 1.82) is 0 Å². The van der Waals surface area contributed by atoms with Crippen molar-refractivity contribution in [2.75, 3.05) is 39.8 Å². The van der Waals surface area contributed by atoms with Crippen molar-refractivity contribution < 1.29 is 0 Å². The lowest BCUT2D eigenvalue weighted by atomic mass is 9.87. The second kappa shape index (κ2) is 8.13. The minimum Gasteiger partial charge on any atom is -0.329 e. The standard InChI is InChI=1S/C15H33N3/c1-4-8-15(14-16,9-5-2)17(3)12-13-18-10-6-7-11-18/h4-14,16H2,1-3H3. The predicted octanol–water partition coefficient (Wildman–Crippen LogP) is 2.31. The molecule has 1 fully saturated rings. The Kier molecular flexibility index (Phi) is 7.20. The Morgan fingerprint density at radius 3 is 2.11 bits per heavy atom. The Morgan fingerprint density at radius 1 is 1.11 bits per heavy atom. The highest BCUT2D eigenvalue weighted by molar-refractivity contribution is 4.90. The van der Waals surface area contributed by atoms with E-state index in [-0.39, 0.29) is 5.54 Å². The van der Waals surface area contributed by atoms with Crippen molar-refractivity contribution in [3.05, 3.63) is 0 Å². The van der Waals surface area contributed by atoms with E-state index in [1.165, 1.54) is 58.2 Å². The van der Waals surface area contributed by atoms with E-state index >= 15 is 0 Å². The van der Waals surface area contributed by atoms with Gasteiger partial charge in [-0.15, -0.1) is 0 Å². The van der Waals surface area contributed by atoms with E-state index in [0.717, 1.165) is 13.1 Å². The van der Waals surface area contributed by atoms with Crippen LogP contribution in [0.1, 0.15) is 52.4 Å². The van der Waals surface area contributed by atoms with Gasteiger partial charge in [0, 0.05) is 25.2 Å². The molecule has 1 heterocycles. The molecule has 3 nitrogen and oxygen atoms in total. The lowest BCUT2D eigenvalue weighted by Gasteiger charge is -2.42. The van der Waals surface area contributed by atoms with Crippen LogP contribution in [-0.4, -0.2) is 55.1 Å². The van der Waals surface area contributed by atoms with Crippen molar-refractivity contribution in [3.8, 4) is 0 Å². The van der Waals surface area contributed by atoms with Gasteiger partial charge >= 0.3 is 0 Å². The molecular formula is C15H33N3. The van der Waals surface area contributed by atoms with Gasteiger partial charge in [-0.1, -0.05) is 26.7 Å². The molecule has 1 saturated heterocycles. The summed E-state index contributed by atoms with van der Waals surface area (Å²) in [6, 6.07) is 0. The zero-order valence-electron chi connectivity index (χ0n) is 12.7. The average molecular weight is 255 g/mol. The second-order valence-electron chi connectivity index (χ2n) is 5.90. The summed E-state index contributed by atoms with van der Waals surface area (Å²) in [7, 11) is 2.27. The Labute approximate surface area is 114 Å². The summed E-state index contributed by atoms with van der Waals surface area (Å²) in [4.78, 5) is 5.13. The van der Waals surface area contributed by atoms with Gasteiger partial charge in [0.1, 0.15) is 0 Å². The quantitative estimate of drug-likeness (QED) is 0.686. The summed E-state index contributed by atoms with van der Waals surface area (Å²) in [5, 5.41) is 0. The molecule has 0 aromatic heterocycles. The highest BCUT2D eigenvalue weighted by Gasteiger charge is 2.31. The summed E-state index contributed by atoms with van der Waals surface area (Å²) in [6.07, 6.45) is 7.68. The molecule has 1 aliphatic heterocycles. The van der Waals surface area contributed by atoms with Crippen LogP contribution in [0.3, 0.4) is 0 Å². The van der Waals surface area contributed by atoms with E-state index in [4.69, 9.17) is 5.73 Å². The molecule has 1 aliphatic rings. The van der Waals surface area contributed by atoms with Gasteiger partial charge in [-0.3, -0.25) is 4.90 Å². The van der Waals surface area contributed by atoms with E-state index in [0.29, 0.717) is 0 Å². The summed E-state index contributed by atoms with van der Waals surface area (Å²) >= 11 is 0. The predicted molar refractivity (Wildman–Crippen MR) is 79.9 cm³/mol. The maximum Gasteiger partial charge on any atom is 0.0329 e. The maximum absolute atomic E-state index is 6.11. The molecule has 0 atom stereocenters. The molecule has 2 N–H and O–H groups in total. The molecule has 0 aromatic rings. The van der Waals surface area contributed by atoms with Gasteiger partial charge in [0.05, 0.1) is 0 Å². The fraction of sp³-hybridized carbons (Fsp3) is 1.00. The van der Waals surface area contributed by atoms with Gasteiger partial charge in [0.15, 0.2) is 0 Å². The molecule has 1 rings (SSSR count). The van der Waals surface area contributed by atoms with Gasteiger partial charge in [0.2, 0.25) is 0 Å². The fourth-order valence-corrected chi connectivity index (χ4v) is 3.33. The molecule has 0 spiro atoms. The Bertz CT molecular complexity index is 206. The minimum atomic E-state index is 0.239. The molecule has 108 valence electrons. The first-order chi connectivity index (χ1) is 8.68. The van der Waals surface area contributed by atoms with Crippen molar-refractivity contribution in [2.45, 2.75) is 57.9 Å². The highest BCUT2D eigenvalue weighted by atomic mass is 15.2. The number of nitrogens with two attached hydrogens (primary N) is 1. The van der Waals surface area contributed by atoms with Gasteiger partial charge in [0.25, 0.3) is 0 Å². The summed E-state index contributed by atoms with van der Waals surface area (Å²) in [5.41, 5.74) is 6.35. The Balaban J connectivity index is 2.48. The zero-order valence-corrected chi connectivity index (χ0v) is 12.7. The Morgan fingerprint density at radius 2 is 1.67 bits per heavy atom. The minimum absolute atomic E-state index is 0.239. The molecule has 0 radical (unpaired) electrons. The van der Waals surface area contributed by atoms with Crippen LogP contribution in [0, 0.1) is 0 Å². The molecule has 0 bridgehead atoms. The van der Waals surface area contributed by atoms with Crippen LogP contribution in [-0.2, 0) is 0 Å². The van der Waals surface area contributed by atoms with E-state index in [1.54, 1.807) is 0 Å².